The molecular formula is C13H22N4O2. The molecule has 6 nitrogen and oxygen atoms in total. The van der Waals surface area contributed by atoms with Crippen molar-refractivity contribution in [3.05, 3.63) is 11.8 Å². The Hall–Kier alpha value is -1.85. The van der Waals surface area contributed by atoms with Gasteiger partial charge in [0.15, 0.2) is 0 Å². The van der Waals surface area contributed by atoms with Gasteiger partial charge in [0, 0.05) is 31.3 Å². The van der Waals surface area contributed by atoms with Gasteiger partial charge in [0.1, 0.15) is 5.82 Å². The highest BCUT2D eigenvalue weighted by atomic mass is 16.5. The summed E-state index contributed by atoms with van der Waals surface area (Å²) in [5.41, 5.74) is 0.984. The van der Waals surface area contributed by atoms with E-state index in [9.17, 15) is 4.79 Å². The van der Waals surface area contributed by atoms with E-state index in [2.05, 4.69) is 20.6 Å². The molecule has 0 bridgehead atoms. The summed E-state index contributed by atoms with van der Waals surface area (Å²) in [6, 6.07) is 0. The summed E-state index contributed by atoms with van der Waals surface area (Å²) in [6.45, 7) is 7.65. The van der Waals surface area contributed by atoms with Gasteiger partial charge in [-0.1, -0.05) is 0 Å². The molecule has 106 valence electrons. The van der Waals surface area contributed by atoms with Gasteiger partial charge in [-0.15, -0.1) is 0 Å². The number of nitrogens with one attached hydrogen (secondary N) is 2. The zero-order valence-electron chi connectivity index (χ0n) is 11.8. The van der Waals surface area contributed by atoms with Gasteiger partial charge in [-0.25, -0.2) is 4.98 Å². The lowest BCUT2D eigenvalue weighted by Crippen LogP contribution is -2.11. The summed E-state index contributed by atoms with van der Waals surface area (Å²) < 4.78 is 4.87. The van der Waals surface area contributed by atoms with Crippen LogP contribution in [0.2, 0.25) is 0 Å². The lowest BCUT2D eigenvalue weighted by atomic mass is 10.3. The lowest BCUT2D eigenvalue weighted by molar-refractivity contribution is -0.143. The van der Waals surface area contributed by atoms with Crippen LogP contribution in [0.25, 0.3) is 0 Å². The van der Waals surface area contributed by atoms with Crippen LogP contribution in [0.5, 0.6) is 0 Å². The number of hydrogen-bond acceptors (Lipinski definition) is 6. The first-order chi connectivity index (χ1) is 9.17. The quantitative estimate of drug-likeness (QED) is 0.553. The molecule has 0 radical (unpaired) electrons. The molecule has 0 unspecified atom stereocenters. The number of carbonyl (C=O) groups excluding carboxylic acids is 1. The fourth-order valence-electron chi connectivity index (χ4n) is 1.54. The second kappa shape index (κ2) is 8.29. The minimum absolute atomic E-state index is 0.156. The van der Waals surface area contributed by atoms with Crippen LogP contribution in [0.4, 0.5) is 11.8 Å². The van der Waals surface area contributed by atoms with Gasteiger partial charge in [-0.2, -0.15) is 4.98 Å². The van der Waals surface area contributed by atoms with Crippen LogP contribution in [-0.4, -0.2) is 35.6 Å². The second-order valence-electron chi connectivity index (χ2n) is 4.09. The Morgan fingerprint density at radius 2 is 2.16 bits per heavy atom. The number of ether oxygens (including phenoxy) is 1. The van der Waals surface area contributed by atoms with E-state index in [1.165, 1.54) is 0 Å². The van der Waals surface area contributed by atoms with E-state index in [0.717, 1.165) is 24.3 Å². The normalized spacial score (nSPS) is 10.1. The Balaban J connectivity index is 2.39. The Morgan fingerprint density at radius 1 is 1.37 bits per heavy atom. The lowest BCUT2D eigenvalue weighted by Gasteiger charge is -2.10. The smallest absolute Gasteiger partial charge is 0.305 e. The summed E-state index contributed by atoms with van der Waals surface area (Å²) in [7, 11) is 0. The van der Waals surface area contributed by atoms with Gasteiger partial charge in [0.05, 0.1) is 6.61 Å². The first-order valence-electron chi connectivity index (χ1n) is 6.64. The number of anilines is 2. The maximum Gasteiger partial charge on any atom is 0.305 e. The average molecular weight is 266 g/mol. The highest BCUT2D eigenvalue weighted by Gasteiger charge is 2.04. The van der Waals surface area contributed by atoms with E-state index in [0.29, 0.717) is 25.5 Å². The van der Waals surface area contributed by atoms with Gasteiger partial charge in [-0.05, 0) is 27.2 Å². The van der Waals surface area contributed by atoms with E-state index in [1.54, 1.807) is 6.20 Å². The van der Waals surface area contributed by atoms with E-state index in [-0.39, 0.29) is 5.97 Å². The van der Waals surface area contributed by atoms with E-state index >= 15 is 0 Å². The third-order valence-electron chi connectivity index (χ3n) is 2.46. The number of aryl methyl sites for hydroxylation is 1. The molecule has 0 aliphatic rings. The van der Waals surface area contributed by atoms with Crippen molar-refractivity contribution in [2.45, 2.75) is 33.6 Å². The minimum Gasteiger partial charge on any atom is -0.466 e. The van der Waals surface area contributed by atoms with Crippen molar-refractivity contribution in [3.63, 3.8) is 0 Å². The van der Waals surface area contributed by atoms with Crippen LogP contribution in [0, 0.1) is 6.92 Å². The number of aromatic nitrogens is 2. The number of esters is 1. The van der Waals surface area contributed by atoms with Crippen molar-refractivity contribution in [2.24, 2.45) is 0 Å². The zero-order chi connectivity index (χ0) is 14.1. The molecule has 1 rings (SSSR count). The van der Waals surface area contributed by atoms with Crippen LogP contribution < -0.4 is 10.6 Å². The molecule has 0 aliphatic carbocycles. The highest BCUT2D eigenvalue weighted by molar-refractivity contribution is 5.69. The average Bonchev–Trinajstić information content (AvgIpc) is 2.39. The van der Waals surface area contributed by atoms with Crippen molar-refractivity contribution >= 4 is 17.7 Å². The van der Waals surface area contributed by atoms with E-state index < -0.39 is 0 Å². The Morgan fingerprint density at radius 3 is 2.84 bits per heavy atom. The largest absolute Gasteiger partial charge is 0.466 e. The molecule has 1 aromatic heterocycles. The molecule has 1 aromatic rings. The van der Waals surface area contributed by atoms with Gasteiger partial charge >= 0.3 is 5.97 Å². The van der Waals surface area contributed by atoms with Crippen LogP contribution in [0.3, 0.4) is 0 Å². The molecular weight excluding hydrogens is 244 g/mol. The minimum atomic E-state index is -0.156. The Kier molecular flexibility index (Phi) is 6.63. The monoisotopic (exact) mass is 266 g/mol. The summed E-state index contributed by atoms with van der Waals surface area (Å²) in [4.78, 5) is 19.7. The summed E-state index contributed by atoms with van der Waals surface area (Å²) in [5.74, 6) is 1.26. The fourth-order valence-corrected chi connectivity index (χ4v) is 1.54. The molecule has 0 saturated heterocycles. The third-order valence-corrected chi connectivity index (χ3v) is 2.46. The van der Waals surface area contributed by atoms with Crippen LogP contribution in [0.15, 0.2) is 6.20 Å². The standard InChI is InChI=1S/C13H22N4O2/c1-4-14-13-16-9-10(3)12(17-13)15-8-6-7-11(18)19-5-2/h9H,4-8H2,1-3H3,(H2,14,15,16,17). The van der Waals surface area contributed by atoms with Gasteiger partial charge in [0.25, 0.3) is 0 Å². The van der Waals surface area contributed by atoms with Crippen molar-refractivity contribution in [1.82, 2.24) is 9.97 Å². The first-order valence-corrected chi connectivity index (χ1v) is 6.64. The molecule has 0 amide bonds. The molecule has 0 atom stereocenters. The molecule has 6 heteroatoms. The van der Waals surface area contributed by atoms with Crippen LogP contribution >= 0.6 is 0 Å². The first kappa shape index (κ1) is 15.2. The Bertz CT molecular complexity index is 410. The predicted octanol–water partition coefficient (Wildman–Crippen LogP) is 1.97. The summed E-state index contributed by atoms with van der Waals surface area (Å²) in [6.07, 6.45) is 2.92. The molecule has 0 fully saturated rings. The molecule has 0 spiro atoms. The molecule has 0 aromatic carbocycles. The van der Waals surface area contributed by atoms with E-state index in [4.69, 9.17) is 4.74 Å². The van der Waals surface area contributed by atoms with Gasteiger partial charge in [0.2, 0.25) is 5.95 Å². The molecule has 19 heavy (non-hydrogen) atoms. The topological polar surface area (TPSA) is 76.1 Å². The highest BCUT2D eigenvalue weighted by Crippen LogP contribution is 2.12. The van der Waals surface area contributed by atoms with Crippen molar-refractivity contribution in [2.75, 3.05) is 30.3 Å². The number of rotatable bonds is 8. The van der Waals surface area contributed by atoms with Gasteiger partial charge in [-0.3, -0.25) is 4.79 Å². The number of carbonyl (C=O) groups is 1. The number of hydrogen-bond donors (Lipinski definition) is 2. The third kappa shape index (κ3) is 5.54. The van der Waals surface area contributed by atoms with Crippen LogP contribution in [0.1, 0.15) is 32.3 Å². The molecule has 0 saturated carbocycles. The van der Waals surface area contributed by atoms with Gasteiger partial charge < -0.3 is 15.4 Å². The SMILES string of the molecule is CCNc1ncc(C)c(NCCCC(=O)OCC)n1. The Labute approximate surface area is 114 Å². The summed E-state index contributed by atoms with van der Waals surface area (Å²) in [5, 5.41) is 6.27. The zero-order valence-corrected chi connectivity index (χ0v) is 11.8. The second-order valence-corrected chi connectivity index (χ2v) is 4.09. The summed E-state index contributed by atoms with van der Waals surface area (Å²) >= 11 is 0. The fraction of sp³-hybridized carbons (Fsp3) is 0.615. The maximum absolute atomic E-state index is 11.2. The maximum atomic E-state index is 11.2. The molecule has 2 N–H and O–H groups in total. The van der Waals surface area contributed by atoms with Crippen LogP contribution in [-0.2, 0) is 9.53 Å². The predicted molar refractivity (Wildman–Crippen MR) is 75.3 cm³/mol. The van der Waals surface area contributed by atoms with Crippen molar-refractivity contribution in [3.8, 4) is 0 Å². The van der Waals surface area contributed by atoms with Crippen molar-refractivity contribution in [1.29, 1.82) is 0 Å². The molecule has 1 heterocycles. The molecule has 0 aliphatic heterocycles. The van der Waals surface area contributed by atoms with Crippen molar-refractivity contribution < 1.29 is 9.53 Å². The number of nitrogens with zero attached hydrogens (tertiary/aromatic N) is 2. The van der Waals surface area contributed by atoms with E-state index in [1.807, 2.05) is 20.8 Å².